The third kappa shape index (κ3) is 10.9. The SMILES string of the molecule is COC1OC(COC(=O)c2c(C)c(C)c(C)c(C)c2C)C(C)C(O)C1O.COC1OC(COC2OC(COC(=O)c3c(C)c(C)c(C)c(C)c3C)C(O)C(O)C2O)C(C)C(O)C1O. The first-order valence-electron chi connectivity index (χ1n) is 21.3. The van der Waals surface area contributed by atoms with E-state index in [1.165, 1.54) is 19.8 Å². The Balaban J connectivity index is 0.000000294. The standard InChI is InChI=1S/C26H40O11.C20H30O6/c1-10-11(2)13(4)18(14(5)12(10)3)24(32)34-9-17-20(28)21(29)23(31)26(37-17)35-8-16-15(6)19(27)22(30)25(33-7)36-16;1-9-10(2)12(4)16(13(5)11(9)3)19(23)25-8-15-14(6)17(21)18(22)20(24-7)26-15/h15-17,19-23,25-31H,8-9H2,1-7H3;14-15,17-18,20-22H,8H2,1-7H3. The molecule has 15 atom stereocenters. The van der Waals surface area contributed by atoms with E-state index in [4.69, 9.17) is 37.9 Å². The lowest BCUT2D eigenvalue weighted by atomic mass is 9.89. The molecule has 0 spiro atoms. The first-order chi connectivity index (χ1) is 29.4. The summed E-state index contributed by atoms with van der Waals surface area (Å²) in [7, 11) is 2.72. The van der Waals surface area contributed by atoms with Crippen LogP contribution in [0.2, 0.25) is 0 Å². The number of carbonyl (C=O) groups is 2. The van der Waals surface area contributed by atoms with Crippen molar-refractivity contribution in [2.75, 3.05) is 34.0 Å². The summed E-state index contributed by atoms with van der Waals surface area (Å²) in [6.07, 6.45) is -15.1. The van der Waals surface area contributed by atoms with E-state index in [0.717, 1.165) is 50.1 Å². The number of ether oxygens (including phenoxy) is 8. The van der Waals surface area contributed by atoms with E-state index in [9.17, 15) is 45.3 Å². The average molecular weight is 895 g/mol. The Labute approximate surface area is 370 Å². The minimum atomic E-state index is -1.63. The Bertz CT molecular complexity index is 1860. The number of carbonyl (C=O) groups excluding carboxylic acids is 2. The molecule has 3 fully saturated rings. The molecule has 17 heteroatoms. The molecule has 3 aliphatic heterocycles. The van der Waals surface area contributed by atoms with Crippen LogP contribution < -0.4 is 0 Å². The molecule has 3 aliphatic rings. The molecule has 3 saturated heterocycles. The minimum absolute atomic E-state index is 0.0194. The molecule has 2 aromatic rings. The molecular formula is C46H70O17. The number of aliphatic hydroxyl groups is 7. The Morgan fingerprint density at radius 2 is 0.714 bits per heavy atom. The molecule has 17 nitrogen and oxygen atoms in total. The molecule has 0 bridgehead atoms. The molecule has 3 heterocycles. The van der Waals surface area contributed by atoms with Gasteiger partial charge in [-0.1, -0.05) is 13.8 Å². The van der Waals surface area contributed by atoms with Gasteiger partial charge in [-0.25, -0.2) is 9.59 Å². The van der Waals surface area contributed by atoms with Gasteiger partial charge in [-0.3, -0.25) is 0 Å². The van der Waals surface area contributed by atoms with Crippen molar-refractivity contribution in [1.82, 2.24) is 0 Å². The van der Waals surface area contributed by atoms with Gasteiger partial charge in [-0.15, -0.1) is 0 Å². The van der Waals surface area contributed by atoms with E-state index >= 15 is 0 Å². The van der Waals surface area contributed by atoms with E-state index in [2.05, 4.69) is 6.92 Å². The third-order valence-electron chi connectivity index (χ3n) is 13.8. The number of methoxy groups -OCH3 is 2. The molecule has 15 unspecified atom stereocenters. The maximum absolute atomic E-state index is 13.0. The van der Waals surface area contributed by atoms with Crippen molar-refractivity contribution < 1.29 is 83.2 Å². The van der Waals surface area contributed by atoms with Gasteiger partial charge >= 0.3 is 11.9 Å². The first-order valence-corrected chi connectivity index (χ1v) is 21.3. The summed E-state index contributed by atoms with van der Waals surface area (Å²) in [5.41, 5.74) is 10.9. The van der Waals surface area contributed by atoms with Crippen LogP contribution in [0, 0.1) is 81.1 Å². The van der Waals surface area contributed by atoms with Gasteiger partial charge in [0.05, 0.1) is 36.0 Å². The molecule has 356 valence electrons. The van der Waals surface area contributed by atoms with Gasteiger partial charge in [0.2, 0.25) is 0 Å². The molecular weight excluding hydrogens is 824 g/mol. The van der Waals surface area contributed by atoms with Crippen molar-refractivity contribution in [3.8, 4) is 0 Å². The van der Waals surface area contributed by atoms with Crippen LogP contribution in [0.4, 0.5) is 0 Å². The summed E-state index contributed by atoms with van der Waals surface area (Å²) < 4.78 is 43.7. The van der Waals surface area contributed by atoms with Crippen molar-refractivity contribution in [2.24, 2.45) is 11.8 Å². The number of hydrogen-bond donors (Lipinski definition) is 7. The second-order valence-corrected chi connectivity index (χ2v) is 17.3. The monoisotopic (exact) mass is 894 g/mol. The van der Waals surface area contributed by atoms with Crippen LogP contribution in [0.1, 0.15) is 90.2 Å². The van der Waals surface area contributed by atoms with Gasteiger partial charge in [0, 0.05) is 26.1 Å². The topological polar surface area (TPSA) is 250 Å². The molecule has 2 aromatic carbocycles. The highest BCUT2D eigenvalue weighted by atomic mass is 16.7. The summed E-state index contributed by atoms with van der Waals surface area (Å²) in [4.78, 5) is 25.7. The number of hydrogen-bond acceptors (Lipinski definition) is 17. The molecule has 0 aromatic heterocycles. The summed E-state index contributed by atoms with van der Waals surface area (Å²) in [5.74, 6) is -1.93. The van der Waals surface area contributed by atoms with Crippen LogP contribution in [0.25, 0.3) is 0 Å². The van der Waals surface area contributed by atoms with Crippen LogP contribution in [-0.2, 0) is 37.9 Å². The molecule has 0 radical (unpaired) electrons. The van der Waals surface area contributed by atoms with Crippen molar-refractivity contribution in [3.05, 3.63) is 66.8 Å². The van der Waals surface area contributed by atoms with Crippen LogP contribution in [0.15, 0.2) is 0 Å². The molecule has 7 N–H and O–H groups in total. The highest BCUT2D eigenvalue weighted by Gasteiger charge is 2.47. The van der Waals surface area contributed by atoms with E-state index in [0.29, 0.717) is 11.1 Å². The van der Waals surface area contributed by atoms with Crippen LogP contribution in [-0.4, -0.2) is 162 Å². The van der Waals surface area contributed by atoms with Gasteiger partial charge < -0.3 is 73.6 Å². The molecule has 0 saturated carbocycles. The summed E-state index contributed by atoms with van der Waals surface area (Å²) in [6, 6.07) is 0. The van der Waals surface area contributed by atoms with Gasteiger partial charge in [0.1, 0.15) is 55.9 Å². The Morgan fingerprint density at radius 3 is 1.08 bits per heavy atom. The third-order valence-corrected chi connectivity index (χ3v) is 13.8. The average Bonchev–Trinajstić information content (AvgIpc) is 3.26. The predicted molar refractivity (Wildman–Crippen MR) is 227 cm³/mol. The summed E-state index contributed by atoms with van der Waals surface area (Å²) in [5, 5.41) is 71.6. The fourth-order valence-corrected chi connectivity index (χ4v) is 8.36. The number of aliphatic hydroxyl groups excluding tert-OH is 7. The zero-order valence-electron chi connectivity index (χ0n) is 39.0. The molecule has 0 aliphatic carbocycles. The fourth-order valence-electron chi connectivity index (χ4n) is 8.36. The molecule has 0 amide bonds. The van der Waals surface area contributed by atoms with Crippen molar-refractivity contribution in [2.45, 2.75) is 163 Å². The predicted octanol–water partition coefficient (Wildman–Crippen LogP) is 2.05. The second-order valence-electron chi connectivity index (χ2n) is 17.3. The Hall–Kier alpha value is -3.14. The normalized spacial score (nSPS) is 33.3. The van der Waals surface area contributed by atoms with Gasteiger partial charge in [-0.05, 0) is 125 Å². The maximum atomic E-state index is 13.0. The molecule has 5 rings (SSSR count). The Morgan fingerprint density at radius 1 is 0.413 bits per heavy atom. The van der Waals surface area contributed by atoms with E-state index in [1.807, 2.05) is 62.3 Å². The lowest BCUT2D eigenvalue weighted by Gasteiger charge is -2.43. The van der Waals surface area contributed by atoms with Gasteiger partial charge in [-0.2, -0.15) is 0 Å². The van der Waals surface area contributed by atoms with E-state index in [1.54, 1.807) is 13.8 Å². The largest absolute Gasteiger partial charge is 0.459 e. The van der Waals surface area contributed by atoms with Crippen molar-refractivity contribution in [3.63, 3.8) is 0 Å². The minimum Gasteiger partial charge on any atom is -0.459 e. The zero-order valence-corrected chi connectivity index (χ0v) is 39.0. The van der Waals surface area contributed by atoms with Crippen molar-refractivity contribution in [1.29, 1.82) is 0 Å². The number of benzene rings is 2. The smallest absolute Gasteiger partial charge is 0.338 e. The number of rotatable bonds is 11. The fraction of sp³-hybridized carbons (Fsp3) is 0.696. The van der Waals surface area contributed by atoms with Crippen LogP contribution in [0.5, 0.6) is 0 Å². The second kappa shape index (κ2) is 21.9. The first kappa shape index (κ1) is 52.5. The molecule has 63 heavy (non-hydrogen) atoms. The van der Waals surface area contributed by atoms with E-state index < -0.39 is 104 Å². The maximum Gasteiger partial charge on any atom is 0.338 e. The highest BCUT2D eigenvalue weighted by Crippen LogP contribution is 2.32. The van der Waals surface area contributed by atoms with Crippen LogP contribution in [0.3, 0.4) is 0 Å². The zero-order chi connectivity index (χ0) is 47.5. The summed E-state index contributed by atoms with van der Waals surface area (Å²) >= 11 is 0. The number of esters is 2. The van der Waals surface area contributed by atoms with E-state index in [-0.39, 0.29) is 19.8 Å². The Kier molecular flexibility index (Phi) is 18.2. The lowest BCUT2D eigenvalue weighted by molar-refractivity contribution is -0.322. The van der Waals surface area contributed by atoms with Gasteiger partial charge in [0.15, 0.2) is 18.9 Å². The van der Waals surface area contributed by atoms with Crippen molar-refractivity contribution >= 4 is 11.9 Å². The lowest BCUT2D eigenvalue weighted by Crippen LogP contribution is -2.60. The van der Waals surface area contributed by atoms with Gasteiger partial charge in [0.25, 0.3) is 0 Å². The quantitative estimate of drug-likeness (QED) is 0.160. The van der Waals surface area contributed by atoms with Crippen LogP contribution >= 0.6 is 0 Å². The summed E-state index contributed by atoms with van der Waals surface area (Å²) in [6.45, 7) is 22.3. The highest BCUT2D eigenvalue weighted by molar-refractivity contribution is 5.94.